The molecular weight excluding hydrogens is 264 g/mol. The third-order valence-electron chi connectivity index (χ3n) is 4.27. The van der Waals surface area contributed by atoms with Gasteiger partial charge in [-0.25, -0.2) is 0 Å². The third-order valence-corrected chi connectivity index (χ3v) is 4.27. The van der Waals surface area contributed by atoms with Gasteiger partial charge in [0, 0.05) is 19.3 Å². The lowest BCUT2D eigenvalue weighted by molar-refractivity contribution is -0.123. The van der Waals surface area contributed by atoms with Gasteiger partial charge in [0.1, 0.15) is 0 Å². The summed E-state index contributed by atoms with van der Waals surface area (Å²) in [6.45, 7) is 3.66. The minimum Gasteiger partial charge on any atom is -0.381 e. The first kappa shape index (κ1) is 16.0. The summed E-state index contributed by atoms with van der Waals surface area (Å²) in [5.41, 5.74) is 7.23. The molecule has 4 nitrogen and oxygen atoms in total. The van der Waals surface area contributed by atoms with E-state index in [9.17, 15) is 4.79 Å². The fraction of sp³-hybridized carbons (Fsp3) is 0.588. The number of carbonyl (C=O) groups is 1. The van der Waals surface area contributed by atoms with Crippen molar-refractivity contribution in [3.63, 3.8) is 0 Å². The maximum atomic E-state index is 12.1. The second kappa shape index (κ2) is 8.15. The van der Waals surface area contributed by atoms with Gasteiger partial charge < -0.3 is 15.8 Å². The van der Waals surface area contributed by atoms with Crippen LogP contribution in [-0.4, -0.2) is 31.2 Å². The number of amides is 1. The highest BCUT2D eigenvalue weighted by Crippen LogP contribution is 2.18. The predicted molar refractivity (Wildman–Crippen MR) is 83.9 cm³/mol. The van der Waals surface area contributed by atoms with Crippen LogP contribution >= 0.6 is 0 Å². The monoisotopic (exact) mass is 290 g/mol. The van der Waals surface area contributed by atoms with Crippen molar-refractivity contribution in [2.75, 3.05) is 13.2 Å². The van der Waals surface area contributed by atoms with Crippen LogP contribution < -0.4 is 11.1 Å². The Bertz CT molecular complexity index is 430. The van der Waals surface area contributed by atoms with Gasteiger partial charge in [-0.1, -0.05) is 30.3 Å². The molecule has 21 heavy (non-hydrogen) atoms. The molecule has 116 valence electrons. The van der Waals surface area contributed by atoms with E-state index in [0.29, 0.717) is 12.3 Å². The Kier molecular flexibility index (Phi) is 6.21. The first-order valence-corrected chi connectivity index (χ1v) is 7.84. The molecule has 1 aromatic carbocycles. The zero-order valence-electron chi connectivity index (χ0n) is 12.8. The molecule has 0 spiro atoms. The fourth-order valence-electron chi connectivity index (χ4n) is 2.76. The van der Waals surface area contributed by atoms with Gasteiger partial charge in [0.15, 0.2) is 0 Å². The van der Waals surface area contributed by atoms with Crippen LogP contribution in [0, 0.1) is 5.92 Å². The normalized spacial score (nSPS) is 19.0. The van der Waals surface area contributed by atoms with E-state index in [2.05, 4.69) is 24.4 Å². The standard InChI is InChI=1S/C17H26N2O2/c1-13(15-9-11-21-12-10-15)19-17(20)16(18)8-7-14-5-3-2-4-6-14/h2-6,13,15-16H,7-12,18H2,1H3,(H,19,20)/t13?,16-/m0/s1. The number of hydrogen-bond donors (Lipinski definition) is 2. The van der Waals surface area contributed by atoms with Crippen molar-refractivity contribution in [1.29, 1.82) is 0 Å². The highest BCUT2D eigenvalue weighted by atomic mass is 16.5. The summed E-state index contributed by atoms with van der Waals surface area (Å²) in [4.78, 5) is 12.1. The minimum atomic E-state index is -0.438. The number of carbonyl (C=O) groups excluding carboxylic acids is 1. The first-order chi connectivity index (χ1) is 10.2. The number of benzene rings is 1. The summed E-state index contributed by atoms with van der Waals surface area (Å²) in [6, 6.07) is 9.87. The van der Waals surface area contributed by atoms with Gasteiger partial charge in [0.2, 0.25) is 5.91 Å². The molecule has 1 unspecified atom stereocenters. The van der Waals surface area contributed by atoms with Crippen molar-refractivity contribution in [3.8, 4) is 0 Å². The van der Waals surface area contributed by atoms with Crippen molar-refractivity contribution in [2.24, 2.45) is 11.7 Å². The van der Waals surface area contributed by atoms with Crippen molar-refractivity contribution in [1.82, 2.24) is 5.32 Å². The summed E-state index contributed by atoms with van der Waals surface area (Å²) < 4.78 is 5.35. The van der Waals surface area contributed by atoms with Gasteiger partial charge in [-0.15, -0.1) is 0 Å². The lowest BCUT2D eigenvalue weighted by atomic mass is 9.92. The SMILES string of the molecule is CC(NC(=O)[C@@H](N)CCc1ccccc1)C1CCOCC1. The Labute approximate surface area is 127 Å². The molecule has 1 heterocycles. The molecule has 1 aromatic rings. The van der Waals surface area contributed by atoms with Crippen LogP contribution in [0.3, 0.4) is 0 Å². The molecule has 0 bridgehead atoms. The number of nitrogens with two attached hydrogens (primary N) is 1. The average molecular weight is 290 g/mol. The van der Waals surface area contributed by atoms with E-state index in [-0.39, 0.29) is 11.9 Å². The Balaban J connectivity index is 1.74. The first-order valence-electron chi connectivity index (χ1n) is 7.84. The summed E-state index contributed by atoms with van der Waals surface area (Å²) in [5.74, 6) is 0.467. The molecule has 1 fully saturated rings. The van der Waals surface area contributed by atoms with E-state index in [1.807, 2.05) is 18.2 Å². The molecule has 1 aliphatic heterocycles. The lowest BCUT2D eigenvalue weighted by Gasteiger charge is -2.29. The second-order valence-corrected chi connectivity index (χ2v) is 5.88. The number of hydrogen-bond acceptors (Lipinski definition) is 3. The largest absolute Gasteiger partial charge is 0.381 e. The molecule has 2 rings (SSSR count). The third kappa shape index (κ3) is 5.14. The van der Waals surface area contributed by atoms with Gasteiger partial charge >= 0.3 is 0 Å². The van der Waals surface area contributed by atoms with Crippen LogP contribution in [0.25, 0.3) is 0 Å². The van der Waals surface area contributed by atoms with Crippen LogP contribution in [0.4, 0.5) is 0 Å². The Morgan fingerprint density at radius 2 is 2.00 bits per heavy atom. The summed E-state index contributed by atoms with van der Waals surface area (Å²) in [5, 5.41) is 3.07. The molecule has 0 aliphatic carbocycles. The number of aryl methyl sites for hydroxylation is 1. The topological polar surface area (TPSA) is 64.4 Å². The smallest absolute Gasteiger partial charge is 0.237 e. The van der Waals surface area contributed by atoms with Crippen LogP contribution in [0.2, 0.25) is 0 Å². The highest BCUT2D eigenvalue weighted by Gasteiger charge is 2.23. The lowest BCUT2D eigenvalue weighted by Crippen LogP contribution is -2.47. The van der Waals surface area contributed by atoms with Gasteiger partial charge in [-0.05, 0) is 44.1 Å². The number of rotatable bonds is 6. The fourth-order valence-corrected chi connectivity index (χ4v) is 2.76. The molecule has 2 atom stereocenters. The van der Waals surface area contributed by atoms with Gasteiger partial charge in [-0.2, -0.15) is 0 Å². The Morgan fingerprint density at radius 1 is 1.33 bits per heavy atom. The van der Waals surface area contributed by atoms with Gasteiger partial charge in [0.25, 0.3) is 0 Å². The number of ether oxygens (including phenoxy) is 1. The van der Waals surface area contributed by atoms with Crippen LogP contribution in [0.1, 0.15) is 31.7 Å². The molecule has 0 saturated carbocycles. The minimum absolute atomic E-state index is 0.0371. The molecule has 1 aliphatic rings. The van der Waals surface area contributed by atoms with E-state index in [1.165, 1.54) is 5.56 Å². The molecule has 0 radical (unpaired) electrons. The molecule has 1 saturated heterocycles. The molecule has 1 amide bonds. The van der Waals surface area contributed by atoms with Gasteiger partial charge in [0.05, 0.1) is 6.04 Å². The quantitative estimate of drug-likeness (QED) is 0.841. The van der Waals surface area contributed by atoms with Crippen molar-refractivity contribution >= 4 is 5.91 Å². The van der Waals surface area contributed by atoms with Crippen LogP contribution in [0.5, 0.6) is 0 Å². The summed E-state index contributed by atoms with van der Waals surface area (Å²) >= 11 is 0. The second-order valence-electron chi connectivity index (χ2n) is 5.88. The van der Waals surface area contributed by atoms with E-state index in [4.69, 9.17) is 10.5 Å². The number of nitrogens with one attached hydrogen (secondary N) is 1. The van der Waals surface area contributed by atoms with E-state index >= 15 is 0 Å². The van der Waals surface area contributed by atoms with Crippen LogP contribution in [-0.2, 0) is 16.0 Å². The predicted octanol–water partition coefficient (Wildman–Crippen LogP) is 1.88. The Morgan fingerprint density at radius 3 is 2.67 bits per heavy atom. The van der Waals surface area contributed by atoms with E-state index in [1.54, 1.807) is 0 Å². The molecule has 0 aromatic heterocycles. The zero-order chi connectivity index (χ0) is 15.1. The Hall–Kier alpha value is -1.39. The van der Waals surface area contributed by atoms with E-state index in [0.717, 1.165) is 32.5 Å². The van der Waals surface area contributed by atoms with E-state index < -0.39 is 6.04 Å². The molecular formula is C17H26N2O2. The summed E-state index contributed by atoms with van der Waals surface area (Å²) in [7, 11) is 0. The average Bonchev–Trinajstić information content (AvgIpc) is 2.54. The van der Waals surface area contributed by atoms with Crippen molar-refractivity contribution < 1.29 is 9.53 Å². The molecule has 3 N–H and O–H groups in total. The van der Waals surface area contributed by atoms with Gasteiger partial charge in [-0.3, -0.25) is 4.79 Å². The maximum Gasteiger partial charge on any atom is 0.237 e. The highest BCUT2D eigenvalue weighted by molar-refractivity contribution is 5.81. The van der Waals surface area contributed by atoms with Crippen molar-refractivity contribution in [3.05, 3.63) is 35.9 Å². The van der Waals surface area contributed by atoms with Crippen molar-refractivity contribution in [2.45, 2.75) is 44.7 Å². The molecule has 4 heteroatoms. The zero-order valence-corrected chi connectivity index (χ0v) is 12.8. The van der Waals surface area contributed by atoms with Crippen LogP contribution in [0.15, 0.2) is 30.3 Å². The summed E-state index contributed by atoms with van der Waals surface area (Å²) in [6.07, 6.45) is 3.54. The maximum absolute atomic E-state index is 12.1.